The highest BCUT2D eigenvalue weighted by atomic mass is 35.5. The molecule has 0 bridgehead atoms. The van der Waals surface area contributed by atoms with Gasteiger partial charge >= 0.3 is 0 Å². The van der Waals surface area contributed by atoms with Crippen LogP contribution in [-0.4, -0.2) is 4.98 Å². The Bertz CT molecular complexity index is 574. The van der Waals surface area contributed by atoms with Crippen LogP contribution in [0.4, 0.5) is 0 Å². The van der Waals surface area contributed by atoms with Gasteiger partial charge in [-0.25, -0.2) is 4.98 Å². The summed E-state index contributed by atoms with van der Waals surface area (Å²) in [6.45, 7) is 0. The Morgan fingerprint density at radius 2 is 1.72 bits per heavy atom. The van der Waals surface area contributed by atoms with Gasteiger partial charge in [0, 0.05) is 12.1 Å². The number of rotatable bonds is 3. The molecule has 1 heterocycles. The van der Waals surface area contributed by atoms with Crippen LogP contribution in [0.3, 0.4) is 0 Å². The number of hydrogen-bond acceptors (Lipinski definition) is 2. The van der Waals surface area contributed by atoms with Gasteiger partial charge in [-0.1, -0.05) is 40.9 Å². The molecule has 0 saturated carbocycles. The highest BCUT2D eigenvalue weighted by Gasteiger charge is 2.09. The molecule has 0 aliphatic rings. The molecule has 0 radical (unpaired) electrons. The Balaban J connectivity index is 2.30. The van der Waals surface area contributed by atoms with Crippen LogP contribution in [0.2, 0.25) is 15.1 Å². The third-order valence-electron chi connectivity index (χ3n) is 2.11. The van der Waals surface area contributed by atoms with Gasteiger partial charge in [0.1, 0.15) is 5.75 Å². The van der Waals surface area contributed by atoms with Gasteiger partial charge in [-0.05, 0) is 12.1 Å². The molecule has 0 spiro atoms. The number of nitrogens with zero attached hydrogens (tertiary/aromatic N) is 1. The summed E-state index contributed by atoms with van der Waals surface area (Å²) >= 11 is 23.4. The fraction of sp³-hybridized carbons (Fsp3) is 0.0833. The van der Waals surface area contributed by atoms with Crippen molar-refractivity contribution in [2.24, 2.45) is 0 Å². The summed E-state index contributed by atoms with van der Waals surface area (Å²) in [6, 6.07) is 8.37. The standard InChI is InChI=1S/C12H7Cl4NO/c13-6-7-2-1-3-12(17-7)18-11-5-9(15)8(14)4-10(11)16/h1-5H,6H2. The smallest absolute Gasteiger partial charge is 0.219 e. The van der Waals surface area contributed by atoms with E-state index in [2.05, 4.69) is 4.98 Å². The third kappa shape index (κ3) is 3.21. The molecule has 1 aromatic heterocycles. The van der Waals surface area contributed by atoms with Crippen molar-refractivity contribution in [3.63, 3.8) is 0 Å². The molecule has 2 rings (SSSR count). The molecule has 0 saturated heterocycles. The summed E-state index contributed by atoms with van der Waals surface area (Å²) in [5.41, 5.74) is 0.713. The van der Waals surface area contributed by atoms with E-state index in [-0.39, 0.29) is 0 Å². The van der Waals surface area contributed by atoms with Crippen molar-refractivity contribution in [3.05, 3.63) is 51.1 Å². The summed E-state index contributed by atoms with van der Waals surface area (Å²) in [5.74, 6) is 1.10. The number of hydrogen-bond donors (Lipinski definition) is 0. The SMILES string of the molecule is ClCc1cccc(Oc2cc(Cl)c(Cl)cc2Cl)n1. The van der Waals surface area contributed by atoms with Crippen LogP contribution in [0, 0.1) is 0 Å². The van der Waals surface area contributed by atoms with Crippen molar-refractivity contribution in [2.45, 2.75) is 5.88 Å². The lowest BCUT2D eigenvalue weighted by Gasteiger charge is -2.08. The average Bonchev–Trinajstić information content (AvgIpc) is 2.36. The monoisotopic (exact) mass is 321 g/mol. The van der Waals surface area contributed by atoms with Gasteiger partial charge in [-0.3, -0.25) is 0 Å². The van der Waals surface area contributed by atoms with Crippen LogP contribution in [0.1, 0.15) is 5.69 Å². The number of ether oxygens (including phenoxy) is 1. The predicted molar refractivity (Wildman–Crippen MR) is 75.3 cm³/mol. The van der Waals surface area contributed by atoms with E-state index in [0.29, 0.717) is 38.3 Å². The normalized spacial score (nSPS) is 10.4. The fourth-order valence-corrected chi connectivity index (χ4v) is 2.01. The first-order valence-electron chi connectivity index (χ1n) is 4.94. The average molecular weight is 323 g/mol. The van der Waals surface area contributed by atoms with E-state index in [1.807, 2.05) is 0 Å². The Morgan fingerprint density at radius 3 is 2.44 bits per heavy atom. The molecule has 18 heavy (non-hydrogen) atoms. The molecular formula is C12H7Cl4NO. The molecule has 0 amide bonds. The molecule has 0 unspecified atom stereocenters. The quantitative estimate of drug-likeness (QED) is 0.544. The van der Waals surface area contributed by atoms with Gasteiger partial charge in [0.15, 0.2) is 0 Å². The van der Waals surface area contributed by atoms with E-state index in [1.165, 1.54) is 6.07 Å². The molecule has 2 aromatic rings. The second-order valence-electron chi connectivity index (χ2n) is 3.40. The van der Waals surface area contributed by atoms with E-state index in [4.69, 9.17) is 51.1 Å². The maximum atomic E-state index is 6.00. The zero-order valence-electron chi connectivity index (χ0n) is 8.96. The zero-order chi connectivity index (χ0) is 13.1. The van der Waals surface area contributed by atoms with Gasteiger partial charge in [0.2, 0.25) is 5.88 Å². The van der Waals surface area contributed by atoms with Crippen LogP contribution in [0.15, 0.2) is 30.3 Å². The first-order valence-corrected chi connectivity index (χ1v) is 6.61. The van der Waals surface area contributed by atoms with Gasteiger partial charge < -0.3 is 4.74 Å². The Hall–Kier alpha value is -0.670. The number of pyridine rings is 1. The molecule has 1 aromatic carbocycles. The Morgan fingerprint density at radius 1 is 1.00 bits per heavy atom. The van der Waals surface area contributed by atoms with Crippen LogP contribution in [-0.2, 0) is 5.88 Å². The van der Waals surface area contributed by atoms with E-state index in [0.717, 1.165) is 0 Å². The first kappa shape index (κ1) is 13.8. The summed E-state index contributed by atoms with van der Waals surface area (Å²) < 4.78 is 5.54. The Labute approximate surface area is 124 Å². The molecule has 2 nitrogen and oxygen atoms in total. The van der Waals surface area contributed by atoms with Crippen molar-refractivity contribution in [3.8, 4) is 11.6 Å². The highest BCUT2D eigenvalue weighted by molar-refractivity contribution is 6.43. The van der Waals surface area contributed by atoms with E-state index < -0.39 is 0 Å². The minimum Gasteiger partial charge on any atom is -0.437 e. The van der Waals surface area contributed by atoms with Crippen molar-refractivity contribution < 1.29 is 4.74 Å². The van der Waals surface area contributed by atoms with Gasteiger partial charge in [0.25, 0.3) is 0 Å². The summed E-state index contributed by atoms with van der Waals surface area (Å²) in [5, 5.41) is 1.10. The summed E-state index contributed by atoms with van der Waals surface area (Å²) in [7, 11) is 0. The van der Waals surface area contributed by atoms with Crippen molar-refractivity contribution in [1.29, 1.82) is 0 Å². The minimum atomic E-state index is 0.312. The molecular weight excluding hydrogens is 316 g/mol. The molecule has 0 aliphatic carbocycles. The Kier molecular flexibility index (Phi) is 4.57. The summed E-state index contributed by atoms with van der Waals surface area (Å²) in [4.78, 5) is 4.19. The minimum absolute atomic E-state index is 0.312. The number of alkyl halides is 1. The lowest BCUT2D eigenvalue weighted by Crippen LogP contribution is -1.92. The molecule has 0 fully saturated rings. The molecule has 94 valence electrons. The van der Waals surface area contributed by atoms with Gasteiger partial charge in [-0.2, -0.15) is 0 Å². The maximum Gasteiger partial charge on any atom is 0.219 e. The predicted octanol–water partition coefficient (Wildman–Crippen LogP) is 5.57. The highest BCUT2D eigenvalue weighted by Crippen LogP contribution is 2.35. The number of halogens is 4. The molecule has 6 heteroatoms. The van der Waals surface area contributed by atoms with Crippen molar-refractivity contribution >= 4 is 46.4 Å². The van der Waals surface area contributed by atoms with E-state index in [1.54, 1.807) is 24.3 Å². The molecule has 0 atom stereocenters. The number of aromatic nitrogens is 1. The topological polar surface area (TPSA) is 22.1 Å². The number of benzene rings is 1. The largest absolute Gasteiger partial charge is 0.437 e. The lowest BCUT2D eigenvalue weighted by molar-refractivity contribution is 0.462. The van der Waals surface area contributed by atoms with Gasteiger partial charge in [-0.15, -0.1) is 11.6 Å². The molecule has 0 N–H and O–H groups in total. The van der Waals surface area contributed by atoms with E-state index in [9.17, 15) is 0 Å². The molecule has 0 aliphatic heterocycles. The van der Waals surface area contributed by atoms with Crippen LogP contribution in [0.25, 0.3) is 0 Å². The van der Waals surface area contributed by atoms with Crippen LogP contribution < -0.4 is 4.74 Å². The van der Waals surface area contributed by atoms with Crippen molar-refractivity contribution in [2.75, 3.05) is 0 Å². The maximum absolute atomic E-state index is 6.00. The van der Waals surface area contributed by atoms with Gasteiger partial charge in [0.05, 0.1) is 26.6 Å². The third-order valence-corrected chi connectivity index (χ3v) is 3.40. The second kappa shape index (κ2) is 5.98. The van der Waals surface area contributed by atoms with E-state index >= 15 is 0 Å². The fourth-order valence-electron chi connectivity index (χ4n) is 1.28. The first-order chi connectivity index (χ1) is 8.60. The van der Waals surface area contributed by atoms with Crippen molar-refractivity contribution in [1.82, 2.24) is 4.98 Å². The zero-order valence-corrected chi connectivity index (χ0v) is 12.0. The lowest BCUT2D eigenvalue weighted by atomic mass is 10.3. The van der Waals surface area contributed by atoms with Crippen LogP contribution >= 0.6 is 46.4 Å². The second-order valence-corrected chi connectivity index (χ2v) is 4.89. The summed E-state index contributed by atoms with van der Waals surface area (Å²) in [6.07, 6.45) is 0. The van der Waals surface area contributed by atoms with Crippen LogP contribution in [0.5, 0.6) is 11.6 Å².